The Morgan fingerprint density at radius 1 is 0.862 bits per heavy atom. The number of hydrogen-bond donors (Lipinski definition) is 1. The Bertz CT molecular complexity index is 1100. The summed E-state index contributed by atoms with van der Waals surface area (Å²) in [5.41, 5.74) is 3.64. The smallest absolute Gasteiger partial charge is 0.277 e. The highest BCUT2D eigenvalue weighted by molar-refractivity contribution is 8.00. The maximum absolute atomic E-state index is 12.8. The summed E-state index contributed by atoms with van der Waals surface area (Å²) >= 11 is 1.24. The van der Waals surface area contributed by atoms with Gasteiger partial charge in [0.05, 0.1) is 5.25 Å². The van der Waals surface area contributed by atoms with Gasteiger partial charge in [-0.05, 0) is 30.7 Å². The van der Waals surface area contributed by atoms with Gasteiger partial charge in [0.1, 0.15) is 0 Å². The van der Waals surface area contributed by atoms with E-state index in [0.717, 1.165) is 22.4 Å². The number of aromatic nitrogens is 2. The number of nitrogens with zero attached hydrogens (tertiary/aromatic N) is 2. The first-order chi connectivity index (χ1) is 14.2. The van der Waals surface area contributed by atoms with Gasteiger partial charge in [-0.3, -0.25) is 4.79 Å². The van der Waals surface area contributed by atoms with Crippen molar-refractivity contribution >= 4 is 23.4 Å². The molecule has 0 fully saturated rings. The summed E-state index contributed by atoms with van der Waals surface area (Å²) in [5, 5.41) is 11.1. The van der Waals surface area contributed by atoms with Crippen molar-refractivity contribution in [2.24, 2.45) is 0 Å². The topological polar surface area (TPSA) is 68.0 Å². The highest BCUT2D eigenvalue weighted by Crippen LogP contribution is 2.30. The lowest BCUT2D eigenvalue weighted by Crippen LogP contribution is -2.22. The maximum Gasteiger partial charge on any atom is 0.277 e. The maximum atomic E-state index is 12.8. The highest BCUT2D eigenvalue weighted by Gasteiger charge is 2.20. The third kappa shape index (κ3) is 4.55. The van der Waals surface area contributed by atoms with Crippen LogP contribution in [0.15, 0.2) is 94.6 Å². The molecule has 4 aromatic rings. The summed E-state index contributed by atoms with van der Waals surface area (Å²) < 4.78 is 5.69. The lowest BCUT2D eigenvalue weighted by molar-refractivity contribution is -0.115. The molecule has 0 bridgehead atoms. The molecule has 29 heavy (non-hydrogen) atoms. The minimum Gasteiger partial charge on any atom is -0.411 e. The van der Waals surface area contributed by atoms with Crippen LogP contribution in [0, 0.1) is 0 Å². The van der Waals surface area contributed by atoms with E-state index in [2.05, 4.69) is 15.5 Å². The lowest BCUT2D eigenvalue weighted by Gasteiger charge is -2.14. The molecule has 1 aromatic heterocycles. The predicted molar refractivity (Wildman–Crippen MR) is 116 cm³/mol. The first-order valence-corrected chi connectivity index (χ1v) is 10.1. The van der Waals surface area contributed by atoms with Crippen LogP contribution in [0.1, 0.15) is 6.92 Å². The van der Waals surface area contributed by atoms with E-state index in [1.54, 1.807) is 0 Å². The molecule has 144 valence electrons. The number of carbonyl (C=O) groups excluding carboxylic acids is 1. The monoisotopic (exact) mass is 401 g/mol. The average molecular weight is 401 g/mol. The van der Waals surface area contributed by atoms with E-state index in [4.69, 9.17) is 4.42 Å². The largest absolute Gasteiger partial charge is 0.411 e. The number of carbonyl (C=O) groups is 1. The molecule has 0 aliphatic rings. The van der Waals surface area contributed by atoms with Crippen molar-refractivity contribution in [3.05, 3.63) is 84.9 Å². The van der Waals surface area contributed by atoms with Crippen molar-refractivity contribution in [2.75, 3.05) is 5.32 Å². The van der Waals surface area contributed by atoms with E-state index in [1.807, 2.05) is 91.9 Å². The Hall–Kier alpha value is -3.38. The molecule has 0 saturated carbocycles. The van der Waals surface area contributed by atoms with Crippen LogP contribution in [0.25, 0.3) is 22.6 Å². The number of nitrogens with one attached hydrogen (secondary N) is 1. The van der Waals surface area contributed by atoms with Crippen LogP contribution in [0.2, 0.25) is 0 Å². The molecule has 4 rings (SSSR count). The summed E-state index contributed by atoms with van der Waals surface area (Å²) in [6.07, 6.45) is 0. The molecule has 1 unspecified atom stereocenters. The Balaban J connectivity index is 1.46. The first-order valence-electron chi connectivity index (χ1n) is 9.21. The van der Waals surface area contributed by atoms with Gasteiger partial charge in [-0.1, -0.05) is 78.5 Å². The standard InChI is InChI=1S/C23H19N3O2S/c1-16(29-23-26-25-22(28-23)18-12-6-3-7-13-18)21(27)24-20-15-9-8-14-19(20)17-10-4-2-5-11-17/h2-16H,1H3,(H,24,27). The van der Waals surface area contributed by atoms with Crippen LogP contribution in [0.3, 0.4) is 0 Å². The highest BCUT2D eigenvalue weighted by atomic mass is 32.2. The van der Waals surface area contributed by atoms with E-state index in [9.17, 15) is 4.79 Å². The van der Waals surface area contributed by atoms with Crippen molar-refractivity contribution in [3.8, 4) is 22.6 Å². The predicted octanol–water partition coefficient (Wildman–Crippen LogP) is 5.52. The molecule has 0 aliphatic heterocycles. The fourth-order valence-electron chi connectivity index (χ4n) is 2.86. The van der Waals surface area contributed by atoms with Gasteiger partial charge in [0.25, 0.3) is 5.22 Å². The van der Waals surface area contributed by atoms with Crippen LogP contribution in [0.4, 0.5) is 5.69 Å². The van der Waals surface area contributed by atoms with E-state index < -0.39 is 5.25 Å². The van der Waals surface area contributed by atoms with Crippen LogP contribution >= 0.6 is 11.8 Å². The van der Waals surface area contributed by atoms with Gasteiger partial charge < -0.3 is 9.73 Å². The van der Waals surface area contributed by atoms with Crippen molar-refractivity contribution < 1.29 is 9.21 Å². The van der Waals surface area contributed by atoms with Gasteiger partial charge in [0, 0.05) is 16.8 Å². The molecule has 0 saturated heterocycles. The van der Waals surface area contributed by atoms with Crippen molar-refractivity contribution in [2.45, 2.75) is 17.4 Å². The zero-order valence-corrected chi connectivity index (χ0v) is 16.6. The number of hydrogen-bond acceptors (Lipinski definition) is 5. The van der Waals surface area contributed by atoms with Gasteiger partial charge in [-0.25, -0.2) is 0 Å². The van der Waals surface area contributed by atoms with Crippen molar-refractivity contribution in [1.82, 2.24) is 10.2 Å². The molecular formula is C23H19N3O2S. The fourth-order valence-corrected chi connectivity index (χ4v) is 3.54. The number of thioether (sulfide) groups is 1. The molecule has 6 heteroatoms. The second-order valence-electron chi connectivity index (χ2n) is 6.40. The molecule has 5 nitrogen and oxygen atoms in total. The SMILES string of the molecule is CC(Sc1nnc(-c2ccccc2)o1)C(=O)Nc1ccccc1-c1ccccc1. The van der Waals surface area contributed by atoms with Crippen molar-refractivity contribution in [1.29, 1.82) is 0 Å². The summed E-state index contributed by atoms with van der Waals surface area (Å²) in [4.78, 5) is 12.8. The summed E-state index contributed by atoms with van der Waals surface area (Å²) in [6.45, 7) is 1.82. The van der Waals surface area contributed by atoms with Gasteiger partial charge in [-0.15, -0.1) is 10.2 Å². The molecule has 1 N–H and O–H groups in total. The van der Waals surface area contributed by atoms with E-state index >= 15 is 0 Å². The molecule has 1 amide bonds. The Morgan fingerprint density at radius 3 is 2.21 bits per heavy atom. The number of para-hydroxylation sites is 1. The van der Waals surface area contributed by atoms with E-state index in [-0.39, 0.29) is 5.91 Å². The van der Waals surface area contributed by atoms with Gasteiger partial charge >= 0.3 is 0 Å². The van der Waals surface area contributed by atoms with Crippen LogP contribution in [0.5, 0.6) is 0 Å². The lowest BCUT2D eigenvalue weighted by atomic mass is 10.0. The molecule has 1 atom stereocenters. The molecular weight excluding hydrogens is 382 g/mol. The molecule has 0 aliphatic carbocycles. The molecule has 0 radical (unpaired) electrons. The van der Waals surface area contributed by atoms with E-state index in [0.29, 0.717) is 11.1 Å². The molecule has 0 spiro atoms. The number of benzene rings is 3. The normalized spacial score (nSPS) is 11.8. The zero-order chi connectivity index (χ0) is 20.1. The second kappa shape index (κ2) is 8.75. The van der Waals surface area contributed by atoms with Gasteiger partial charge in [0.2, 0.25) is 11.8 Å². The zero-order valence-electron chi connectivity index (χ0n) is 15.8. The summed E-state index contributed by atoms with van der Waals surface area (Å²) in [5.74, 6) is 0.313. The number of rotatable bonds is 6. The Kier molecular flexibility index (Phi) is 5.72. The number of anilines is 1. The Morgan fingerprint density at radius 2 is 1.48 bits per heavy atom. The van der Waals surface area contributed by atoms with Crippen molar-refractivity contribution in [3.63, 3.8) is 0 Å². The Labute approximate surface area is 173 Å². The minimum absolute atomic E-state index is 0.127. The third-order valence-corrected chi connectivity index (χ3v) is 5.28. The van der Waals surface area contributed by atoms with Crippen LogP contribution < -0.4 is 5.32 Å². The third-order valence-electron chi connectivity index (χ3n) is 4.34. The van der Waals surface area contributed by atoms with Gasteiger partial charge in [0.15, 0.2) is 0 Å². The summed E-state index contributed by atoms with van der Waals surface area (Å²) in [7, 11) is 0. The van der Waals surface area contributed by atoms with Crippen LogP contribution in [-0.2, 0) is 4.79 Å². The first kappa shape index (κ1) is 19.0. The molecule has 3 aromatic carbocycles. The number of amides is 1. The van der Waals surface area contributed by atoms with Gasteiger partial charge in [-0.2, -0.15) is 0 Å². The fraction of sp³-hybridized carbons (Fsp3) is 0.0870. The van der Waals surface area contributed by atoms with E-state index in [1.165, 1.54) is 11.8 Å². The van der Waals surface area contributed by atoms with Crippen LogP contribution in [-0.4, -0.2) is 21.4 Å². The molecule has 1 heterocycles. The summed E-state index contributed by atoms with van der Waals surface area (Å²) in [6, 6.07) is 27.3. The minimum atomic E-state index is -0.400. The average Bonchev–Trinajstić information content (AvgIpc) is 3.24. The second-order valence-corrected chi connectivity index (χ2v) is 7.69. The quantitative estimate of drug-likeness (QED) is 0.431.